The van der Waals surface area contributed by atoms with Crippen molar-refractivity contribution in [3.63, 3.8) is 0 Å². The summed E-state index contributed by atoms with van der Waals surface area (Å²) in [5.74, 6) is 1.06. The van der Waals surface area contributed by atoms with Gasteiger partial charge in [-0.1, -0.05) is 0 Å². The maximum absolute atomic E-state index is 5.95. The topological polar surface area (TPSA) is 45.4 Å². The third-order valence-electron chi connectivity index (χ3n) is 3.64. The summed E-state index contributed by atoms with van der Waals surface area (Å²) in [7, 11) is 2.19. The molecule has 0 bridgehead atoms. The van der Waals surface area contributed by atoms with Crippen LogP contribution < -0.4 is 10.6 Å². The maximum atomic E-state index is 5.95. The predicted molar refractivity (Wildman–Crippen MR) is 75.8 cm³/mol. The average Bonchev–Trinajstić information content (AvgIpc) is 2.50. The zero-order chi connectivity index (χ0) is 13.1. The summed E-state index contributed by atoms with van der Waals surface area (Å²) in [5.41, 5.74) is 7.10. The van der Waals surface area contributed by atoms with E-state index in [0.29, 0.717) is 6.04 Å². The summed E-state index contributed by atoms with van der Waals surface area (Å²) in [6.07, 6.45) is 3.06. The Balaban J connectivity index is 2.21. The van der Waals surface area contributed by atoms with Crippen LogP contribution in [0.4, 0.5) is 5.82 Å². The van der Waals surface area contributed by atoms with E-state index >= 15 is 0 Å². The van der Waals surface area contributed by atoms with E-state index in [-0.39, 0.29) is 6.04 Å². The number of rotatable bonds is 2. The SMILES string of the molecule is CC1CN(C)CCCN1c1cc([C@H](C)N)ccn1. The largest absolute Gasteiger partial charge is 0.353 e. The van der Waals surface area contributed by atoms with Crippen LogP contribution in [0.2, 0.25) is 0 Å². The standard InChI is InChI=1S/C14H24N4/c1-11-10-17(3)7-4-8-18(11)14-9-13(12(2)15)5-6-16-14/h5-6,9,11-12H,4,7-8,10,15H2,1-3H3/t11?,12-/m0/s1. The summed E-state index contributed by atoms with van der Waals surface area (Å²) in [4.78, 5) is 9.30. The number of nitrogens with two attached hydrogens (primary N) is 1. The molecule has 1 aromatic rings. The molecule has 1 aliphatic rings. The van der Waals surface area contributed by atoms with E-state index in [0.717, 1.165) is 31.0 Å². The molecule has 2 rings (SSSR count). The molecule has 0 aliphatic carbocycles. The molecular weight excluding hydrogens is 224 g/mol. The lowest BCUT2D eigenvalue weighted by Crippen LogP contribution is -2.38. The molecule has 0 amide bonds. The molecule has 0 saturated carbocycles. The van der Waals surface area contributed by atoms with E-state index in [4.69, 9.17) is 5.73 Å². The smallest absolute Gasteiger partial charge is 0.129 e. The monoisotopic (exact) mass is 248 g/mol. The number of aromatic nitrogens is 1. The van der Waals surface area contributed by atoms with Gasteiger partial charge in [0.1, 0.15) is 5.82 Å². The molecule has 0 aromatic carbocycles. The summed E-state index contributed by atoms with van der Waals surface area (Å²) < 4.78 is 0. The van der Waals surface area contributed by atoms with E-state index in [9.17, 15) is 0 Å². The Morgan fingerprint density at radius 3 is 2.94 bits per heavy atom. The maximum Gasteiger partial charge on any atom is 0.129 e. The van der Waals surface area contributed by atoms with Crippen LogP contribution in [0, 0.1) is 0 Å². The molecule has 100 valence electrons. The molecule has 18 heavy (non-hydrogen) atoms. The van der Waals surface area contributed by atoms with Gasteiger partial charge in [0.15, 0.2) is 0 Å². The number of anilines is 1. The Hall–Kier alpha value is -1.13. The first kappa shape index (κ1) is 13.3. The van der Waals surface area contributed by atoms with E-state index in [1.54, 1.807) is 0 Å². The van der Waals surface area contributed by atoms with E-state index in [1.807, 2.05) is 19.2 Å². The fourth-order valence-electron chi connectivity index (χ4n) is 2.59. The van der Waals surface area contributed by atoms with Gasteiger partial charge in [-0.3, -0.25) is 0 Å². The molecule has 1 aromatic heterocycles. The van der Waals surface area contributed by atoms with Gasteiger partial charge in [-0.15, -0.1) is 0 Å². The second-order valence-electron chi connectivity index (χ2n) is 5.39. The number of pyridine rings is 1. The second-order valence-corrected chi connectivity index (χ2v) is 5.39. The Morgan fingerprint density at radius 1 is 1.44 bits per heavy atom. The number of hydrogen-bond acceptors (Lipinski definition) is 4. The van der Waals surface area contributed by atoms with Gasteiger partial charge in [-0.05, 0) is 51.6 Å². The molecule has 1 saturated heterocycles. The van der Waals surface area contributed by atoms with Crippen molar-refractivity contribution in [1.29, 1.82) is 0 Å². The van der Waals surface area contributed by atoms with Crippen molar-refractivity contribution in [2.24, 2.45) is 5.73 Å². The Morgan fingerprint density at radius 2 is 2.22 bits per heavy atom. The van der Waals surface area contributed by atoms with Crippen LogP contribution in [0.5, 0.6) is 0 Å². The fraction of sp³-hybridized carbons (Fsp3) is 0.643. The van der Waals surface area contributed by atoms with Crippen molar-refractivity contribution >= 4 is 5.82 Å². The van der Waals surface area contributed by atoms with Crippen molar-refractivity contribution in [3.05, 3.63) is 23.9 Å². The first-order chi connectivity index (χ1) is 8.58. The van der Waals surface area contributed by atoms with Gasteiger partial charge in [-0.2, -0.15) is 0 Å². The predicted octanol–water partition coefficient (Wildman–Crippen LogP) is 1.63. The summed E-state index contributed by atoms with van der Waals surface area (Å²) in [5, 5.41) is 0. The van der Waals surface area contributed by atoms with Crippen LogP contribution in [0.25, 0.3) is 0 Å². The normalized spacial score (nSPS) is 23.8. The zero-order valence-electron chi connectivity index (χ0n) is 11.6. The summed E-state index contributed by atoms with van der Waals surface area (Å²) >= 11 is 0. The first-order valence-corrected chi connectivity index (χ1v) is 6.74. The van der Waals surface area contributed by atoms with Gasteiger partial charge in [0.25, 0.3) is 0 Å². The van der Waals surface area contributed by atoms with Gasteiger partial charge in [-0.25, -0.2) is 4.98 Å². The second kappa shape index (κ2) is 5.67. The zero-order valence-corrected chi connectivity index (χ0v) is 11.6. The lowest BCUT2D eigenvalue weighted by atomic mass is 10.1. The molecule has 2 N–H and O–H groups in total. The minimum absolute atomic E-state index is 0.0664. The van der Waals surface area contributed by atoms with Crippen LogP contribution in [0.1, 0.15) is 31.9 Å². The molecular formula is C14H24N4. The lowest BCUT2D eigenvalue weighted by Gasteiger charge is -2.29. The van der Waals surface area contributed by atoms with Crippen molar-refractivity contribution in [2.45, 2.75) is 32.4 Å². The highest BCUT2D eigenvalue weighted by Gasteiger charge is 2.21. The highest BCUT2D eigenvalue weighted by molar-refractivity contribution is 5.43. The van der Waals surface area contributed by atoms with Gasteiger partial charge < -0.3 is 15.5 Å². The Labute approximate surface area is 110 Å². The van der Waals surface area contributed by atoms with Crippen molar-refractivity contribution < 1.29 is 0 Å². The quantitative estimate of drug-likeness (QED) is 0.864. The van der Waals surface area contributed by atoms with Gasteiger partial charge in [0, 0.05) is 31.4 Å². The molecule has 1 unspecified atom stereocenters. The van der Waals surface area contributed by atoms with Gasteiger partial charge in [0.2, 0.25) is 0 Å². The molecule has 1 aliphatic heterocycles. The highest BCUT2D eigenvalue weighted by Crippen LogP contribution is 2.20. The van der Waals surface area contributed by atoms with Crippen LogP contribution >= 0.6 is 0 Å². The summed E-state index contributed by atoms with van der Waals surface area (Å²) in [6, 6.07) is 4.69. The Bertz CT molecular complexity index is 391. The summed E-state index contributed by atoms with van der Waals surface area (Å²) in [6.45, 7) is 7.60. The molecule has 2 heterocycles. The average molecular weight is 248 g/mol. The molecule has 4 heteroatoms. The minimum atomic E-state index is 0.0664. The van der Waals surface area contributed by atoms with Crippen molar-refractivity contribution in [2.75, 3.05) is 31.6 Å². The van der Waals surface area contributed by atoms with Gasteiger partial charge in [0.05, 0.1) is 0 Å². The minimum Gasteiger partial charge on any atom is -0.353 e. The van der Waals surface area contributed by atoms with E-state index < -0.39 is 0 Å². The van der Waals surface area contributed by atoms with Crippen LogP contribution in [-0.4, -0.2) is 42.6 Å². The molecule has 1 fully saturated rings. The van der Waals surface area contributed by atoms with Crippen molar-refractivity contribution in [1.82, 2.24) is 9.88 Å². The lowest BCUT2D eigenvalue weighted by molar-refractivity contribution is 0.337. The van der Waals surface area contributed by atoms with E-state index in [1.165, 1.54) is 6.42 Å². The molecule has 4 nitrogen and oxygen atoms in total. The molecule has 0 radical (unpaired) electrons. The van der Waals surface area contributed by atoms with Crippen LogP contribution in [-0.2, 0) is 0 Å². The third-order valence-corrected chi connectivity index (χ3v) is 3.64. The first-order valence-electron chi connectivity index (χ1n) is 6.74. The third kappa shape index (κ3) is 3.00. The van der Waals surface area contributed by atoms with Crippen molar-refractivity contribution in [3.8, 4) is 0 Å². The van der Waals surface area contributed by atoms with Gasteiger partial charge >= 0.3 is 0 Å². The number of hydrogen-bond donors (Lipinski definition) is 1. The highest BCUT2D eigenvalue weighted by atomic mass is 15.3. The number of likely N-dealkylation sites (N-methyl/N-ethyl adjacent to an activating group) is 1. The van der Waals surface area contributed by atoms with Crippen LogP contribution in [0.15, 0.2) is 18.3 Å². The van der Waals surface area contributed by atoms with Crippen LogP contribution in [0.3, 0.4) is 0 Å². The Kier molecular flexibility index (Phi) is 4.19. The molecule has 2 atom stereocenters. The number of nitrogens with zero attached hydrogens (tertiary/aromatic N) is 3. The fourth-order valence-corrected chi connectivity index (χ4v) is 2.59. The van der Waals surface area contributed by atoms with E-state index in [2.05, 4.69) is 34.8 Å². The molecule has 0 spiro atoms.